The maximum absolute atomic E-state index is 12.4. The van der Waals surface area contributed by atoms with Gasteiger partial charge in [0.2, 0.25) is 5.91 Å². The van der Waals surface area contributed by atoms with E-state index in [2.05, 4.69) is 55.6 Å². The highest BCUT2D eigenvalue weighted by Crippen LogP contribution is 2.15. The number of hydrogen-bond donors (Lipinski definition) is 5. The lowest BCUT2D eigenvalue weighted by molar-refractivity contribution is -0.132. The van der Waals surface area contributed by atoms with Crippen molar-refractivity contribution in [1.82, 2.24) is 5.32 Å². The Morgan fingerprint density at radius 1 is 0.490 bits per heavy atom. The largest absolute Gasteiger partial charge is 0.394 e. The van der Waals surface area contributed by atoms with E-state index in [0.717, 1.165) is 44.9 Å². The first-order chi connectivity index (χ1) is 25.0. The summed E-state index contributed by atoms with van der Waals surface area (Å²) in [6.45, 7) is 3.94. The molecule has 0 aromatic carbocycles. The van der Waals surface area contributed by atoms with Crippen molar-refractivity contribution >= 4 is 5.91 Å². The summed E-state index contributed by atoms with van der Waals surface area (Å²) in [6.07, 6.45) is 46.5. The Labute approximate surface area is 316 Å². The molecule has 0 spiro atoms. The lowest BCUT2D eigenvalue weighted by Crippen LogP contribution is -2.53. The van der Waals surface area contributed by atoms with Gasteiger partial charge in [0.1, 0.15) is 12.2 Å². The number of amides is 1. The van der Waals surface area contributed by atoms with Crippen LogP contribution in [0.2, 0.25) is 0 Å². The zero-order valence-electron chi connectivity index (χ0n) is 33.6. The second-order valence-corrected chi connectivity index (χ2v) is 15.0. The SMILES string of the molecule is CCCC/C=C/CCCC(O)C(O)C(CO)NC(=O)C(O)CCCCCCCCCCCCCC/C=C\C/C=C\CCCCCCCCCCC. The van der Waals surface area contributed by atoms with Gasteiger partial charge in [0.05, 0.1) is 18.8 Å². The number of allylic oxidation sites excluding steroid dienone is 6. The molecule has 0 heterocycles. The van der Waals surface area contributed by atoms with Gasteiger partial charge in [-0.3, -0.25) is 4.79 Å². The number of carbonyl (C=O) groups is 1. The van der Waals surface area contributed by atoms with Crippen LogP contribution < -0.4 is 5.32 Å². The van der Waals surface area contributed by atoms with E-state index in [9.17, 15) is 25.2 Å². The highest BCUT2D eigenvalue weighted by Gasteiger charge is 2.28. The molecule has 0 radical (unpaired) electrons. The van der Waals surface area contributed by atoms with Crippen molar-refractivity contribution in [2.45, 2.75) is 237 Å². The zero-order valence-corrected chi connectivity index (χ0v) is 33.6. The molecule has 0 rings (SSSR count). The Bertz CT molecular complexity index is 812. The van der Waals surface area contributed by atoms with Crippen LogP contribution in [0.15, 0.2) is 36.5 Å². The third-order valence-electron chi connectivity index (χ3n) is 10.1. The van der Waals surface area contributed by atoms with Crippen LogP contribution in [0.25, 0.3) is 0 Å². The first kappa shape index (κ1) is 49.5. The number of aliphatic hydroxyl groups excluding tert-OH is 4. The molecule has 4 atom stereocenters. The molecule has 0 bridgehead atoms. The summed E-state index contributed by atoms with van der Waals surface area (Å²) < 4.78 is 0. The van der Waals surface area contributed by atoms with Gasteiger partial charge in [0.25, 0.3) is 0 Å². The van der Waals surface area contributed by atoms with E-state index in [-0.39, 0.29) is 0 Å². The van der Waals surface area contributed by atoms with E-state index >= 15 is 0 Å². The van der Waals surface area contributed by atoms with Gasteiger partial charge >= 0.3 is 0 Å². The Morgan fingerprint density at radius 3 is 1.35 bits per heavy atom. The zero-order chi connectivity index (χ0) is 37.5. The van der Waals surface area contributed by atoms with Crippen LogP contribution in [0.1, 0.15) is 213 Å². The van der Waals surface area contributed by atoms with E-state index in [4.69, 9.17) is 0 Å². The number of hydrogen-bond acceptors (Lipinski definition) is 5. The Kier molecular flexibility index (Phi) is 38.6. The van der Waals surface area contributed by atoms with Crippen LogP contribution in [0.4, 0.5) is 0 Å². The summed E-state index contributed by atoms with van der Waals surface area (Å²) in [5, 5.41) is 43.3. The van der Waals surface area contributed by atoms with Gasteiger partial charge in [0, 0.05) is 0 Å². The number of unbranched alkanes of at least 4 members (excludes halogenated alkanes) is 24. The molecule has 1 amide bonds. The van der Waals surface area contributed by atoms with Gasteiger partial charge in [0.15, 0.2) is 0 Å². The Balaban J connectivity index is 3.61. The fraction of sp³-hybridized carbons (Fsp3) is 0.844. The molecular weight excluding hydrogens is 634 g/mol. The number of rotatable bonds is 39. The second kappa shape index (κ2) is 39.7. The summed E-state index contributed by atoms with van der Waals surface area (Å²) in [4.78, 5) is 12.4. The van der Waals surface area contributed by atoms with Crippen LogP contribution in [-0.4, -0.2) is 57.3 Å². The summed E-state index contributed by atoms with van der Waals surface area (Å²) in [5.74, 6) is -0.599. The molecule has 0 aromatic heterocycles. The van der Waals surface area contributed by atoms with Gasteiger partial charge in [-0.05, 0) is 64.2 Å². The summed E-state index contributed by atoms with van der Waals surface area (Å²) >= 11 is 0. The normalized spacial score (nSPS) is 14.5. The smallest absolute Gasteiger partial charge is 0.249 e. The van der Waals surface area contributed by atoms with Crippen LogP contribution >= 0.6 is 0 Å². The molecular formula is C45H85NO5. The molecule has 5 N–H and O–H groups in total. The van der Waals surface area contributed by atoms with Gasteiger partial charge in [-0.1, -0.05) is 185 Å². The summed E-state index contributed by atoms with van der Waals surface area (Å²) in [7, 11) is 0. The van der Waals surface area contributed by atoms with Gasteiger partial charge in [-0.15, -0.1) is 0 Å². The Morgan fingerprint density at radius 2 is 0.882 bits per heavy atom. The van der Waals surface area contributed by atoms with Crippen molar-refractivity contribution in [3.8, 4) is 0 Å². The molecule has 0 aliphatic heterocycles. The predicted molar refractivity (Wildman–Crippen MR) is 219 cm³/mol. The molecule has 0 aliphatic rings. The third kappa shape index (κ3) is 34.1. The fourth-order valence-electron chi connectivity index (χ4n) is 6.54. The highest BCUT2D eigenvalue weighted by atomic mass is 16.3. The van der Waals surface area contributed by atoms with Gasteiger partial charge < -0.3 is 25.7 Å². The van der Waals surface area contributed by atoms with Crippen molar-refractivity contribution < 1.29 is 25.2 Å². The standard InChI is InChI=1S/C45H85NO5/c1-3-5-7-9-11-12-13-14-15-16-17-18-19-20-21-22-23-24-25-26-27-28-29-30-31-33-35-37-39-43(49)45(51)46-41(40-47)44(50)42(48)38-36-34-32-10-8-6-4-2/h10,17-18,20-21,32,41-44,47-50H,3-9,11-16,19,22-31,33-40H2,1-2H3,(H,46,51)/b18-17-,21-20-,32-10+. The van der Waals surface area contributed by atoms with Crippen LogP contribution in [0.3, 0.4) is 0 Å². The molecule has 300 valence electrons. The predicted octanol–water partition coefficient (Wildman–Crippen LogP) is 11.3. The quantitative estimate of drug-likeness (QED) is 0.0321. The summed E-state index contributed by atoms with van der Waals surface area (Å²) in [6, 6.07) is -0.999. The number of nitrogens with one attached hydrogen (secondary N) is 1. The molecule has 0 saturated carbocycles. The molecule has 6 nitrogen and oxygen atoms in total. The van der Waals surface area contributed by atoms with Crippen molar-refractivity contribution in [3.05, 3.63) is 36.5 Å². The third-order valence-corrected chi connectivity index (χ3v) is 10.1. The van der Waals surface area contributed by atoms with E-state index < -0.39 is 36.9 Å². The van der Waals surface area contributed by atoms with E-state index in [1.54, 1.807) is 0 Å². The topological polar surface area (TPSA) is 110 Å². The first-order valence-corrected chi connectivity index (χ1v) is 21.9. The average molecular weight is 720 g/mol. The number of carbonyl (C=O) groups excluding carboxylic acids is 1. The minimum Gasteiger partial charge on any atom is -0.394 e. The second-order valence-electron chi connectivity index (χ2n) is 15.0. The van der Waals surface area contributed by atoms with Crippen molar-refractivity contribution in [1.29, 1.82) is 0 Å². The van der Waals surface area contributed by atoms with Gasteiger partial charge in [-0.25, -0.2) is 0 Å². The minimum absolute atomic E-state index is 0.360. The summed E-state index contributed by atoms with van der Waals surface area (Å²) in [5.41, 5.74) is 0. The maximum atomic E-state index is 12.4. The molecule has 0 aromatic rings. The van der Waals surface area contributed by atoms with Crippen molar-refractivity contribution in [2.75, 3.05) is 6.61 Å². The van der Waals surface area contributed by atoms with Crippen LogP contribution in [0.5, 0.6) is 0 Å². The molecule has 0 saturated heterocycles. The first-order valence-electron chi connectivity index (χ1n) is 21.9. The van der Waals surface area contributed by atoms with E-state index in [1.807, 2.05) is 0 Å². The van der Waals surface area contributed by atoms with E-state index in [0.29, 0.717) is 19.3 Å². The highest BCUT2D eigenvalue weighted by molar-refractivity contribution is 5.80. The monoisotopic (exact) mass is 720 g/mol. The molecule has 6 heteroatoms. The number of aliphatic hydroxyl groups is 4. The maximum Gasteiger partial charge on any atom is 0.249 e. The van der Waals surface area contributed by atoms with E-state index in [1.165, 1.54) is 135 Å². The van der Waals surface area contributed by atoms with Gasteiger partial charge in [-0.2, -0.15) is 0 Å². The molecule has 51 heavy (non-hydrogen) atoms. The van der Waals surface area contributed by atoms with Crippen LogP contribution in [0, 0.1) is 0 Å². The van der Waals surface area contributed by atoms with Crippen molar-refractivity contribution in [2.24, 2.45) is 0 Å². The molecule has 0 fully saturated rings. The molecule has 0 aliphatic carbocycles. The van der Waals surface area contributed by atoms with Crippen LogP contribution in [-0.2, 0) is 4.79 Å². The minimum atomic E-state index is -1.28. The average Bonchev–Trinajstić information content (AvgIpc) is 3.13. The van der Waals surface area contributed by atoms with Crippen molar-refractivity contribution in [3.63, 3.8) is 0 Å². The molecule has 4 unspecified atom stereocenters. The fourth-order valence-corrected chi connectivity index (χ4v) is 6.54. The lowest BCUT2D eigenvalue weighted by Gasteiger charge is -2.27. The Hall–Kier alpha value is -1.47. The lowest BCUT2D eigenvalue weighted by atomic mass is 10.00.